The maximum Gasteiger partial charge on any atom is 0.276 e. The van der Waals surface area contributed by atoms with Crippen LogP contribution in [0.2, 0.25) is 0 Å². The number of hydrogen-bond acceptors (Lipinski definition) is 4. The molecule has 0 aliphatic rings. The summed E-state index contributed by atoms with van der Waals surface area (Å²) in [4.78, 5) is 29.1. The third kappa shape index (κ3) is 5.57. The molecule has 0 radical (unpaired) electrons. The predicted octanol–water partition coefficient (Wildman–Crippen LogP) is 3.80. The van der Waals surface area contributed by atoms with E-state index in [-0.39, 0.29) is 18.9 Å². The molecule has 0 atom stereocenters. The minimum absolute atomic E-state index is 0.175. The molecule has 33 heavy (non-hydrogen) atoms. The summed E-state index contributed by atoms with van der Waals surface area (Å²) >= 11 is 0. The van der Waals surface area contributed by atoms with Crippen molar-refractivity contribution in [2.75, 3.05) is 6.61 Å². The highest BCUT2D eigenvalue weighted by atomic mass is 16.5. The van der Waals surface area contributed by atoms with Gasteiger partial charge in [0.1, 0.15) is 11.6 Å². The van der Waals surface area contributed by atoms with Crippen LogP contribution in [0.15, 0.2) is 72.8 Å². The zero-order chi connectivity index (χ0) is 23.2. The summed E-state index contributed by atoms with van der Waals surface area (Å²) < 4.78 is 7.57. The molecule has 3 aromatic carbocycles. The third-order valence-corrected chi connectivity index (χ3v) is 5.13. The molecule has 0 unspecified atom stereocenters. The Hall–Kier alpha value is -4.13. The van der Waals surface area contributed by atoms with Gasteiger partial charge in [-0.25, -0.2) is 4.98 Å². The van der Waals surface area contributed by atoms with Crippen LogP contribution in [0.3, 0.4) is 0 Å². The van der Waals surface area contributed by atoms with E-state index < -0.39 is 5.91 Å². The second-order valence-electron chi connectivity index (χ2n) is 7.90. The Labute approximate surface area is 192 Å². The highest BCUT2D eigenvalue weighted by Gasteiger charge is 2.14. The molecule has 1 heterocycles. The van der Waals surface area contributed by atoms with E-state index in [0.717, 1.165) is 33.7 Å². The maximum absolute atomic E-state index is 12.3. The van der Waals surface area contributed by atoms with Crippen molar-refractivity contribution in [2.45, 2.75) is 26.7 Å². The summed E-state index contributed by atoms with van der Waals surface area (Å²) in [5, 5.41) is 0. The number of hydrazine groups is 1. The van der Waals surface area contributed by atoms with Crippen LogP contribution in [0.5, 0.6) is 5.75 Å². The lowest BCUT2D eigenvalue weighted by atomic mass is 10.1. The number of fused-ring (bicyclic) bond motifs is 1. The minimum atomic E-state index is -0.431. The fraction of sp³-hybridized carbons (Fsp3) is 0.192. The summed E-state index contributed by atoms with van der Waals surface area (Å²) in [6.07, 6.45) is 0.596. The van der Waals surface area contributed by atoms with E-state index in [9.17, 15) is 9.59 Å². The first-order valence-electron chi connectivity index (χ1n) is 10.8. The number of ether oxygens (including phenoxy) is 1. The van der Waals surface area contributed by atoms with Gasteiger partial charge < -0.3 is 4.74 Å². The van der Waals surface area contributed by atoms with Crippen LogP contribution in [0.4, 0.5) is 0 Å². The molecule has 4 aromatic rings. The lowest BCUT2D eigenvalue weighted by Crippen LogP contribution is -2.43. The van der Waals surface area contributed by atoms with Gasteiger partial charge in [-0.15, -0.1) is 0 Å². The van der Waals surface area contributed by atoms with Crippen LogP contribution in [-0.2, 0) is 16.0 Å². The van der Waals surface area contributed by atoms with Gasteiger partial charge in [0.2, 0.25) is 5.91 Å². The van der Waals surface area contributed by atoms with Crippen molar-refractivity contribution >= 4 is 22.8 Å². The van der Waals surface area contributed by atoms with Crippen LogP contribution in [0.1, 0.15) is 23.4 Å². The number of amides is 2. The van der Waals surface area contributed by atoms with Gasteiger partial charge in [0.05, 0.1) is 11.0 Å². The Morgan fingerprint density at radius 1 is 0.879 bits per heavy atom. The molecule has 1 aromatic heterocycles. The summed E-state index contributed by atoms with van der Waals surface area (Å²) in [5.74, 6) is 0.663. The van der Waals surface area contributed by atoms with Crippen LogP contribution in [0, 0.1) is 13.8 Å². The number of carbonyl (C=O) groups excluding carboxylic acids is 2. The molecule has 0 fully saturated rings. The van der Waals surface area contributed by atoms with E-state index in [4.69, 9.17) is 9.72 Å². The first-order valence-corrected chi connectivity index (χ1v) is 10.8. The molecule has 2 amide bonds. The number of para-hydroxylation sites is 3. The molecular formula is C26H26N4O3. The van der Waals surface area contributed by atoms with Crippen molar-refractivity contribution in [3.63, 3.8) is 0 Å². The number of benzene rings is 3. The zero-order valence-corrected chi connectivity index (χ0v) is 18.7. The zero-order valence-electron chi connectivity index (χ0n) is 18.7. The Kier molecular flexibility index (Phi) is 6.69. The monoisotopic (exact) mass is 442 g/mol. The van der Waals surface area contributed by atoms with Crippen LogP contribution < -0.4 is 15.6 Å². The fourth-order valence-electron chi connectivity index (χ4n) is 3.74. The molecule has 7 nitrogen and oxygen atoms in total. The molecule has 0 saturated heterocycles. The van der Waals surface area contributed by atoms with E-state index in [1.54, 1.807) is 0 Å². The molecule has 0 saturated carbocycles. The van der Waals surface area contributed by atoms with Gasteiger partial charge >= 0.3 is 0 Å². The Bertz CT molecular complexity index is 1260. The predicted molar refractivity (Wildman–Crippen MR) is 127 cm³/mol. The van der Waals surface area contributed by atoms with E-state index in [1.807, 2.05) is 86.6 Å². The van der Waals surface area contributed by atoms with Crippen LogP contribution in [0.25, 0.3) is 16.7 Å². The molecule has 0 spiro atoms. The molecule has 7 heteroatoms. The molecule has 168 valence electrons. The van der Waals surface area contributed by atoms with E-state index in [2.05, 4.69) is 15.4 Å². The first-order chi connectivity index (χ1) is 16.0. The first kappa shape index (κ1) is 22.1. The summed E-state index contributed by atoms with van der Waals surface area (Å²) in [5.41, 5.74) is 9.80. The van der Waals surface area contributed by atoms with E-state index in [1.165, 1.54) is 0 Å². The standard InChI is InChI=1S/C26H26N4O3/c1-18-14-19(2)16-21(15-18)33-17-26(32)29-28-25(31)13-12-24-27-22-10-6-7-11-23(22)30(24)20-8-4-3-5-9-20/h3-11,14-16H,12-13,17H2,1-2H3,(H,28,31)(H,29,32). The highest BCUT2D eigenvalue weighted by molar-refractivity contribution is 5.83. The number of nitrogens with one attached hydrogen (secondary N) is 2. The Morgan fingerprint density at radius 2 is 1.55 bits per heavy atom. The van der Waals surface area contributed by atoms with Crippen molar-refractivity contribution in [3.8, 4) is 11.4 Å². The molecule has 0 bridgehead atoms. The average Bonchev–Trinajstić information content (AvgIpc) is 3.18. The van der Waals surface area contributed by atoms with E-state index in [0.29, 0.717) is 12.2 Å². The Balaban J connectivity index is 1.33. The summed E-state index contributed by atoms with van der Waals surface area (Å²) in [6, 6.07) is 23.5. The maximum atomic E-state index is 12.3. The molecular weight excluding hydrogens is 416 g/mol. The largest absolute Gasteiger partial charge is 0.484 e. The molecule has 0 aliphatic heterocycles. The average molecular weight is 443 g/mol. The van der Waals surface area contributed by atoms with Crippen molar-refractivity contribution in [1.82, 2.24) is 20.4 Å². The number of rotatable bonds is 7. The van der Waals surface area contributed by atoms with Gasteiger partial charge in [-0.1, -0.05) is 36.4 Å². The lowest BCUT2D eigenvalue weighted by Gasteiger charge is -2.11. The quantitative estimate of drug-likeness (QED) is 0.427. The SMILES string of the molecule is Cc1cc(C)cc(OCC(=O)NNC(=O)CCc2nc3ccccc3n2-c2ccccc2)c1. The van der Waals surface area contributed by atoms with Crippen molar-refractivity contribution in [1.29, 1.82) is 0 Å². The topological polar surface area (TPSA) is 85.2 Å². The van der Waals surface area contributed by atoms with Gasteiger partial charge in [0, 0.05) is 18.5 Å². The molecule has 2 N–H and O–H groups in total. The van der Waals surface area contributed by atoms with Crippen molar-refractivity contribution < 1.29 is 14.3 Å². The van der Waals surface area contributed by atoms with Gasteiger partial charge in [-0.3, -0.25) is 25.0 Å². The Morgan fingerprint density at radius 3 is 2.30 bits per heavy atom. The van der Waals surface area contributed by atoms with E-state index >= 15 is 0 Å². The number of aryl methyl sites for hydroxylation is 3. The third-order valence-electron chi connectivity index (χ3n) is 5.13. The normalized spacial score (nSPS) is 10.7. The number of imidazole rings is 1. The number of aromatic nitrogens is 2. The smallest absolute Gasteiger partial charge is 0.276 e. The second-order valence-corrected chi connectivity index (χ2v) is 7.90. The second kappa shape index (κ2) is 9.99. The van der Waals surface area contributed by atoms with Gasteiger partial charge in [-0.05, 0) is 61.4 Å². The lowest BCUT2D eigenvalue weighted by molar-refractivity contribution is -0.130. The number of carbonyl (C=O) groups is 2. The molecule has 0 aliphatic carbocycles. The molecule has 4 rings (SSSR count). The minimum Gasteiger partial charge on any atom is -0.484 e. The summed E-state index contributed by atoms with van der Waals surface area (Å²) in [6.45, 7) is 3.74. The van der Waals surface area contributed by atoms with Crippen LogP contribution >= 0.6 is 0 Å². The van der Waals surface area contributed by atoms with Crippen LogP contribution in [-0.4, -0.2) is 28.0 Å². The number of hydrogen-bond donors (Lipinski definition) is 2. The summed E-state index contributed by atoms with van der Waals surface area (Å²) in [7, 11) is 0. The highest BCUT2D eigenvalue weighted by Crippen LogP contribution is 2.22. The fourth-order valence-corrected chi connectivity index (χ4v) is 3.74. The van der Waals surface area contributed by atoms with Gasteiger partial charge in [0.15, 0.2) is 6.61 Å². The van der Waals surface area contributed by atoms with Crippen molar-refractivity contribution in [3.05, 3.63) is 89.7 Å². The van der Waals surface area contributed by atoms with Gasteiger partial charge in [-0.2, -0.15) is 0 Å². The van der Waals surface area contributed by atoms with Gasteiger partial charge in [0.25, 0.3) is 5.91 Å². The number of nitrogens with zero attached hydrogens (tertiary/aromatic N) is 2. The van der Waals surface area contributed by atoms with Crippen molar-refractivity contribution in [2.24, 2.45) is 0 Å².